The first-order valence-corrected chi connectivity index (χ1v) is 4.82. The normalized spacial score (nSPS) is 19.9. The molecule has 1 aliphatic heterocycles. The molecule has 0 bridgehead atoms. The van der Waals surface area contributed by atoms with Crippen LogP contribution in [0.3, 0.4) is 0 Å². The third kappa shape index (κ3) is 1.31. The molecule has 0 spiro atoms. The molecule has 0 radical (unpaired) electrons. The smallest absolute Gasteiger partial charge is 0.311 e. The predicted octanol–water partition coefficient (Wildman–Crippen LogP) is 2.10. The van der Waals surface area contributed by atoms with E-state index in [0.717, 1.165) is 4.90 Å². The van der Waals surface area contributed by atoms with Gasteiger partial charge in [-0.25, -0.2) is 4.39 Å². The summed E-state index contributed by atoms with van der Waals surface area (Å²) in [5.74, 6) is -1.60. The van der Waals surface area contributed by atoms with Crippen LogP contribution in [0.5, 0.6) is 0 Å². The average Bonchev–Trinajstić information content (AvgIpc) is 2.49. The van der Waals surface area contributed by atoms with E-state index in [1.807, 2.05) is 0 Å². The quantitative estimate of drug-likeness (QED) is 0.750. The zero-order valence-corrected chi connectivity index (χ0v) is 7.47. The zero-order valence-electron chi connectivity index (χ0n) is 6.66. The lowest BCUT2D eigenvalue weighted by Crippen LogP contribution is -2.11. The van der Waals surface area contributed by atoms with Crippen molar-refractivity contribution in [3.8, 4) is 0 Å². The number of benzene rings is 1. The predicted molar refractivity (Wildman–Crippen MR) is 47.5 cm³/mol. The Morgan fingerprint density at radius 1 is 1.62 bits per heavy atom. The second kappa shape index (κ2) is 3.03. The number of aliphatic carboxylic acids is 1. The lowest BCUT2D eigenvalue weighted by Gasteiger charge is -2.04. The summed E-state index contributed by atoms with van der Waals surface area (Å²) in [5.41, 5.74) is 0.347. The van der Waals surface area contributed by atoms with Crippen LogP contribution in [0.4, 0.5) is 4.39 Å². The lowest BCUT2D eigenvalue weighted by molar-refractivity contribution is -0.138. The molecule has 2 nitrogen and oxygen atoms in total. The van der Waals surface area contributed by atoms with E-state index >= 15 is 0 Å². The SMILES string of the molecule is O=C(O)C1CSc2cccc(F)c21. The van der Waals surface area contributed by atoms with Crippen molar-refractivity contribution in [2.75, 3.05) is 5.75 Å². The Bertz CT molecular complexity index is 365. The molecule has 68 valence electrons. The summed E-state index contributed by atoms with van der Waals surface area (Å²) in [6.45, 7) is 0. The van der Waals surface area contributed by atoms with E-state index < -0.39 is 17.7 Å². The van der Waals surface area contributed by atoms with Crippen LogP contribution in [0, 0.1) is 5.82 Å². The van der Waals surface area contributed by atoms with E-state index in [1.165, 1.54) is 17.8 Å². The highest BCUT2D eigenvalue weighted by molar-refractivity contribution is 7.99. The third-order valence-electron chi connectivity index (χ3n) is 2.06. The maximum atomic E-state index is 13.2. The molecular formula is C9H7FO2S. The summed E-state index contributed by atoms with van der Waals surface area (Å²) in [5, 5.41) is 8.80. The Kier molecular flexibility index (Phi) is 2.00. The molecular weight excluding hydrogens is 191 g/mol. The number of carboxylic acids is 1. The molecule has 0 aliphatic carbocycles. The minimum Gasteiger partial charge on any atom is -0.481 e. The molecule has 0 fully saturated rings. The second-order valence-corrected chi connectivity index (χ2v) is 3.92. The van der Waals surface area contributed by atoms with E-state index in [1.54, 1.807) is 12.1 Å². The van der Waals surface area contributed by atoms with Gasteiger partial charge in [-0.1, -0.05) is 6.07 Å². The molecule has 0 amide bonds. The Balaban J connectivity index is 2.52. The molecule has 13 heavy (non-hydrogen) atoms. The summed E-state index contributed by atoms with van der Waals surface area (Å²) in [6.07, 6.45) is 0. The fourth-order valence-corrected chi connectivity index (χ4v) is 2.66. The monoisotopic (exact) mass is 198 g/mol. The van der Waals surface area contributed by atoms with Gasteiger partial charge in [-0.05, 0) is 12.1 Å². The van der Waals surface area contributed by atoms with Gasteiger partial charge in [0.1, 0.15) is 5.82 Å². The van der Waals surface area contributed by atoms with Crippen LogP contribution in [-0.2, 0) is 4.79 Å². The van der Waals surface area contributed by atoms with Crippen LogP contribution in [-0.4, -0.2) is 16.8 Å². The number of halogens is 1. The van der Waals surface area contributed by atoms with Crippen LogP contribution >= 0.6 is 11.8 Å². The molecule has 0 saturated heterocycles. The van der Waals surface area contributed by atoms with E-state index in [4.69, 9.17) is 5.11 Å². The van der Waals surface area contributed by atoms with Gasteiger partial charge in [-0.3, -0.25) is 4.79 Å². The average molecular weight is 198 g/mol. The van der Waals surface area contributed by atoms with Crippen molar-refractivity contribution in [2.45, 2.75) is 10.8 Å². The summed E-state index contributed by atoms with van der Waals surface area (Å²) in [7, 11) is 0. The number of rotatable bonds is 1. The largest absolute Gasteiger partial charge is 0.481 e. The summed E-state index contributed by atoms with van der Waals surface area (Å²) in [4.78, 5) is 11.5. The lowest BCUT2D eigenvalue weighted by atomic mass is 10.0. The van der Waals surface area contributed by atoms with Crippen molar-refractivity contribution >= 4 is 17.7 Å². The Hall–Kier alpha value is -1.03. The Morgan fingerprint density at radius 3 is 3.08 bits per heavy atom. The van der Waals surface area contributed by atoms with Gasteiger partial charge in [-0.2, -0.15) is 0 Å². The van der Waals surface area contributed by atoms with E-state index in [2.05, 4.69) is 0 Å². The van der Waals surface area contributed by atoms with Gasteiger partial charge >= 0.3 is 5.97 Å². The van der Waals surface area contributed by atoms with Gasteiger partial charge in [0.25, 0.3) is 0 Å². The van der Waals surface area contributed by atoms with Crippen LogP contribution < -0.4 is 0 Å². The molecule has 1 unspecified atom stereocenters. The number of fused-ring (bicyclic) bond motifs is 1. The zero-order chi connectivity index (χ0) is 9.42. The fraction of sp³-hybridized carbons (Fsp3) is 0.222. The highest BCUT2D eigenvalue weighted by Gasteiger charge is 2.31. The molecule has 1 aromatic carbocycles. The first-order valence-electron chi connectivity index (χ1n) is 3.84. The highest BCUT2D eigenvalue weighted by Crippen LogP contribution is 2.40. The first kappa shape index (κ1) is 8.56. The second-order valence-electron chi connectivity index (χ2n) is 2.85. The molecule has 2 rings (SSSR count). The molecule has 1 aromatic rings. The van der Waals surface area contributed by atoms with Crippen molar-refractivity contribution < 1.29 is 14.3 Å². The number of carbonyl (C=O) groups is 1. The first-order chi connectivity index (χ1) is 6.20. The molecule has 1 N–H and O–H groups in total. The minimum atomic E-state index is -0.948. The minimum absolute atomic E-state index is 0.347. The summed E-state index contributed by atoms with van der Waals surface area (Å²) in [6, 6.07) is 4.66. The van der Waals surface area contributed by atoms with Crippen LogP contribution in [0.1, 0.15) is 11.5 Å². The van der Waals surface area contributed by atoms with Gasteiger partial charge in [0.15, 0.2) is 0 Å². The Labute approximate surface area is 78.8 Å². The van der Waals surface area contributed by atoms with E-state index in [9.17, 15) is 9.18 Å². The highest BCUT2D eigenvalue weighted by atomic mass is 32.2. The van der Waals surface area contributed by atoms with Crippen LogP contribution in [0.2, 0.25) is 0 Å². The van der Waals surface area contributed by atoms with Crippen LogP contribution in [0.25, 0.3) is 0 Å². The topological polar surface area (TPSA) is 37.3 Å². The maximum absolute atomic E-state index is 13.2. The molecule has 0 saturated carbocycles. The third-order valence-corrected chi connectivity index (χ3v) is 3.23. The standard InChI is InChI=1S/C9H7FO2S/c10-6-2-1-3-7-8(6)5(4-13-7)9(11)12/h1-3,5H,4H2,(H,11,12). The van der Waals surface area contributed by atoms with Crippen molar-refractivity contribution in [2.24, 2.45) is 0 Å². The fourth-order valence-electron chi connectivity index (χ4n) is 1.43. The number of hydrogen-bond acceptors (Lipinski definition) is 2. The van der Waals surface area contributed by atoms with Gasteiger partial charge in [0.2, 0.25) is 0 Å². The van der Waals surface area contributed by atoms with E-state index in [-0.39, 0.29) is 0 Å². The number of carboxylic acid groups (broad SMARTS) is 1. The van der Waals surface area contributed by atoms with Crippen molar-refractivity contribution in [3.05, 3.63) is 29.6 Å². The van der Waals surface area contributed by atoms with Crippen molar-refractivity contribution in [3.63, 3.8) is 0 Å². The molecule has 4 heteroatoms. The van der Waals surface area contributed by atoms with Gasteiger partial charge in [-0.15, -0.1) is 11.8 Å². The van der Waals surface area contributed by atoms with Crippen molar-refractivity contribution in [1.29, 1.82) is 0 Å². The number of thioether (sulfide) groups is 1. The summed E-state index contributed by atoms with van der Waals surface area (Å²) >= 11 is 1.40. The maximum Gasteiger partial charge on any atom is 0.311 e. The number of hydrogen-bond donors (Lipinski definition) is 1. The molecule has 1 heterocycles. The van der Waals surface area contributed by atoms with Gasteiger partial charge in [0.05, 0.1) is 5.92 Å². The van der Waals surface area contributed by atoms with Gasteiger partial charge in [0, 0.05) is 16.2 Å². The molecule has 1 aliphatic rings. The van der Waals surface area contributed by atoms with Crippen molar-refractivity contribution in [1.82, 2.24) is 0 Å². The summed E-state index contributed by atoms with van der Waals surface area (Å²) < 4.78 is 13.2. The van der Waals surface area contributed by atoms with Gasteiger partial charge < -0.3 is 5.11 Å². The molecule has 0 aromatic heterocycles. The van der Waals surface area contributed by atoms with E-state index in [0.29, 0.717) is 11.3 Å². The van der Waals surface area contributed by atoms with Crippen LogP contribution in [0.15, 0.2) is 23.1 Å². The molecule has 1 atom stereocenters. The Morgan fingerprint density at radius 2 is 2.38 bits per heavy atom.